The van der Waals surface area contributed by atoms with E-state index >= 15 is 0 Å². The van der Waals surface area contributed by atoms with Crippen molar-refractivity contribution >= 4 is 28.0 Å². The molecule has 0 radical (unpaired) electrons. The van der Waals surface area contributed by atoms with E-state index in [9.17, 15) is 0 Å². The van der Waals surface area contributed by atoms with Crippen molar-refractivity contribution < 1.29 is 0 Å². The summed E-state index contributed by atoms with van der Waals surface area (Å²) in [4.78, 5) is 0. The normalized spacial score (nSPS) is 8.60. The van der Waals surface area contributed by atoms with Crippen LogP contribution >= 0.6 is 22.7 Å². The number of nitrogens with two attached hydrogens (primary N) is 1. The van der Waals surface area contributed by atoms with Gasteiger partial charge in [0, 0.05) is 6.54 Å². The zero-order valence-corrected chi connectivity index (χ0v) is 7.83. The molecule has 0 saturated carbocycles. The van der Waals surface area contributed by atoms with Crippen molar-refractivity contribution in [1.82, 2.24) is 0 Å². The highest BCUT2D eigenvalue weighted by molar-refractivity contribution is 7.59. The summed E-state index contributed by atoms with van der Waals surface area (Å²) in [5.41, 5.74) is 6.63. The van der Waals surface area contributed by atoms with Gasteiger partial charge in [-0.25, -0.2) is 0 Å². The molecule has 3 heteroatoms. The van der Waals surface area contributed by atoms with Crippen LogP contribution in [0.15, 0.2) is 24.3 Å². The molecule has 0 saturated heterocycles. The maximum Gasteiger partial charge on any atom is 0.0184 e. The molecule has 1 unspecified atom stereocenters. The largest absolute Gasteiger partial charge is 0.326 e. The monoisotopic (exact) mass is 173 g/mol. The Morgan fingerprint density at radius 1 is 1.30 bits per heavy atom. The zero-order chi connectivity index (χ0) is 6.69. The summed E-state index contributed by atoms with van der Waals surface area (Å²) >= 11 is 0. The first-order chi connectivity index (χ1) is 4.34. The molecule has 0 fully saturated rings. The van der Waals surface area contributed by atoms with Crippen LogP contribution in [0.4, 0.5) is 0 Å². The number of hydrogen-bond donors (Lipinski definition) is 1. The lowest BCUT2D eigenvalue weighted by atomic mass is 10.2. The second-order valence-corrected chi connectivity index (χ2v) is 2.52. The van der Waals surface area contributed by atoms with Crippen LogP contribution in [-0.4, -0.2) is 0 Å². The fourth-order valence-corrected chi connectivity index (χ4v) is 1.05. The van der Waals surface area contributed by atoms with Crippen molar-refractivity contribution in [2.24, 2.45) is 5.73 Å². The van der Waals surface area contributed by atoms with Crippen LogP contribution in [0.2, 0.25) is 0 Å². The maximum atomic E-state index is 5.44. The van der Waals surface area contributed by atoms with Gasteiger partial charge in [0.2, 0.25) is 0 Å². The van der Waals surface area contributed by atoms with Gasteiger partial charge >= 0.3 is 0 Å². The van der Waals surface area contributed by atoms with Crippen molar-refractivity contribution in [2.75, 3.05) is 0 Å². The van der Waals surface area contributed by atoms with Crippen LogP contribution in [0.25, 0.3) is 0 Å². The van der Waals surface area contributed by atoms with E-state index in [4.69, 9.17) is 5.73 Å². The molecular formula is C7H12NPS. The molecule has 10 heavy (non-hydrogen) atoms. The van der Waals surface area contributed by atoms with E-state index in [0.717, 1.165) is 0 Å². The summed E-state index contributed by atoms with van der Waals surface area (Å²) < 4.78 is 0. The Bertz CT molecular complexity index is 203. The molecule has 1 aromatic rings. The molecule has 0 spiro atoms. The standard InChI is InChI=1S/C7H10NP.H2S/c8-5-6-3-1-2-4-7(6)9;/h1-4H,5,8-9H2;1H2. The number of rotatable bonds is 1. The molecule has 2 N–H and O–H groups in total. The highest BCUT2D eigenvalue weighted by Gasteiger charge is 1.89. The molecule has 0 heterocycles. The molecule has 0 bridgehead atoms. The smallest absolute Gasteiger partial charge is 0.0184 e. The Labute approximate surface area is 70.7 Å². The second-order valence-electron chi connectivity index (χ2n) is 1.90. The molecule has 0 aliphatic heterocycles. The van der Waals surface area contributed by atoms with Crippen LogP contribution in [0.1, 0.15) is 5.56 Å². The first kappa shape index (κ1) is 9.96. The minimum Gasteiger partial charge on any atom is -0.326 e. The lowest BCUT2D eigenvalue weighted by Crippen LogP contribution is -2.06. The minimum atomic E-state index is 0. The van der Waals surface area contributed by atoms with E-state index < -0.39 is 0 Å². The highest BCUT2D eigenvalue weighted by atomic mass is 32.1. The average Bonchev–Trinajstić information content (AvgIpc) is 1.89. The molecule has 56 valence electrons. The van der Waals surface area contributed by atoms with E-state index in [0.29, 0.717) is 6.54 Å². The van der Waals surface area contributed by atoms with Gasteiger partial charge in [-0.3, -0.25) is 0 Å². The van der Waals surface area contributed by atoms with E-state index in [1.165, 1.54) is 10.9 Å². The van der Waals surface area contributed by atoms with Gasteiger partial charge < -0.3 is 5.73 Å². The van der Waals surface area contributed by atoms with E-state index in [1.54, 1.807) is 0 Å². The third kappa shape index (κ3) is 2.30. The molecule has 0 aliphatic carbocycles. The molecule has 1 rings (SSSR count). The molecule has 0 aromatic heterocycles. The third-order valence-corrected chi connectivity index (χ3v) is 1.84. The van der Waals surface area contributed by atoms with E-state index in [2.05, 4.69) is 9.24 Å². The second kappa shape index (κ2) is 4.73. The van der Waals surface area contributed by atoms with Crippen molar-refractivity contribution in [3.05, 3.63) is 29.8 Å². The van der Waals surface area contributed by atoms with Gasteiger partial charge in [0.1, 0.15) is 0 Å². The lowest BCUT2D eigenvalue weighted by Gasteiger charge is -1.98. The van der Waals surface area contributed by atoms with Crippen LogP contribution in [0, 0.1) is 0 Å². The van der Waals surface area contributed by atoms with Gasteiger partial charge in [-0.2, -0.15) is 13.5 Å². The zero-order valence-electron chi connectivity index (χ0n) is 5.67. The van der Waals surface area contributed by atoms with Crippen LogP contribution in [-0.2, 0) is 6.54 Å². The summed E-state index contributed by atoms with van der Waals surface area (Å²) in [6.45, 7) is 0.625. The Morgan fingerprint density at radius 3 is 2.30 bits per heavy atom. The van der Waals surface area contributed by atoms with Crippen molar-refractivity contribution in [1.29, 1.82) is 0 Å². The van der Waals surface area contributed by atoms with Gasteiger partial charge in [0.25, 0.3) is 0 Å². The molecule has 1 nitrogen and oxygen atoms in total. The Kier molecular flexibility index (Phi) is 4.71. The lowest BCUT2D eigenvalue weighted by molar-refractivity contribution is 1.08. The van der Waals surface area contributed by atoms with Crippen molar-refractivity contribution in [3.63, 3.8) is 0 Å². The number of hydrogen-bond acceptors (Lipinski definition) is 1. The molecule has 0 amide bonds. The minimum absolute atomic E-state index is 0. The fraction of sp³-hybridized carbons (Fsp3) is 0.143. The van der Waals surface area contributed by atoms with Crippen LogP contribution < -0.4 is 11.0 Å². The molecular weight excluding hydrogens is 161 g/mol. The summed E-state index contributed by atoms with van der Waals surface area (Å²) in [6.07, 6.45) is 0. The summed E-state index contributed by atoms with van der Waals surface area (Å²) in [5.74, 6) is 0. The topological polar surface area (TPSA) is 26.0 Å². The first-order valence-electron chi connectivity index (χ1n) is 2.88. The highest BCUT2D eigenvalue weighted by Crippen LogP contribution is 1.97. The predicted octanol–water partition coefficient (Wildman–Crippen LogP) is 0.758. The van der Waals surface area contributed by atoms with E-state index in [1.807, 2.05) is 24.3 Å². The van der Waals surface area contributed by atoms with Gasteiger partial charge in [-0.15, -0.1) is 9.24 Å². The molecule has 1 aromatic carbocycles. The third-order valence-electron chi connectivity index (χ3n) is 1.28. The maximum absolute atomic E-state index is 5.44. The fourth-order valence-electron chi connectivity index (χ4n) is 0.720. The first-order valence-corrected chi connectivity index (χ1v) is 3.46. The SMILES string of the molecule is NCc1ccccc1P.S. The Balaban J connectivity index is 0.000000810. The summed E-state index contributed by atoms with van der Waals surface area (Å²) in [5, 5.41) is 1.19. The quantitative estimate of drug-likeness (QED) is 0.623. The molecule has 0 aliphatic rings. The van der Waals surface area contributed by atoms with Gasteiger partial charge in [0.15, 0.2) is 0 Å². The van der Waals surface area contributed by atoms with Crippen LogP contribution in [0.3, 0.4) is 0 Å². The van der Waals surface area contributed by atoms with Crippen molar-refractivity contribution in [3.8, 4) is 0 Å². The van der Waals surface area contributed by atoms with E-state index in [-0.39, 0.29) is 13.5 Å². The Morgan fingerprint density at radius 2 is 1.90 bits per heavy atom. The average molecular weight is 173 g/mol. The van der Waals surface area contributed by atoms with Gasteiger partial charge in [-0.05, 0) is 10.9 Å². The Hall–Kier alpha value is -0.0400. The summed E-state index contributed by atoms with van der Waals surface area (Å²) in [7, 11) is 2.65. The van der Waals surface area contributed by atoms with Crippen molar-refractivity contribution in [2.45, 2.75) is 6.54 Å². The molecule has 1 atom stereocenters. The van der Waals surface area contributed by atoms with Gasteiger partial charge in [-0.1, -0.05) is 24.3 Å². The predicted molar refractivity (Wildman–Crippen MR) is 54.1 cm³/mol. The number of benzene rings is 1. The van der Waals surface area contributed by atoms with Gasteiger partial charge in [0.05, 0.1) is 0 Å². The van der Waals surface area contributed by atoms with Crippen LogP contribution in [0.5, 0.6) is 0 Å². The summed E-state index contributed by atoms with van der Waals surface area (Å²) in [6, 6.07) is 8.06.